The molecule has 0 aliphatic rings. The molecular weight excluding hydrogens is 483 g/mol. The quantitative estimate of drug-likeness (QED) is 0.305. The van der Waals surface area contributed by atoms with Crippen LogP contribution in [0, 0.1) is 0 Å². The molecule has 0 heterocycles. The van der Waals surface area contributed by atoms with Crippen molar-refractivity contribution < 1.29 is 14.3 Å². The van der Waals surface area contributed by atoms with Crippen molar-refractivity contribution in [1.29, 1.82) is 0 Å². The third-order valence-electron chi connectivity index (χ3n) is 5.75. The Morgan fingerprint density at radius 2 is 1.54 bits per heavy atom. The maximum atomic E-state index is 12.9. The minimum absolute atomic E-state index is 0.233. The molecule has 35 heavy (non-hydrogen) atoms. The fraction of sp³-hybridized carbons (Fsp3) is 0.321. The number of carbonyl (C=O) groups is 1. The van der Waals surface area contributed by atoms with Gasteiger partial charge in [-0.1, -0.05) is 41.4 Å². The van der Waals surface area contributed by atoms with Gasteiger partial charge in [-0.15, -0.1) is 0 Å². The van der Waals surface area contributed by atoms with E-state index in [1.165, 1.54) is 0 Å². The van der Waals surface area contributed by atoms with Crippen molar-refractivity contribution in [3.05, 3.63) is 76.3 Å². The summed E-state index contributed by atoms with van der Waals surface area (Å²) in [6.07, 6.45) is 0. The number of rotatable bonds is 10. The molecule has 0 fully saturated rings. The summed E-state index contributed by atoms with van der Waals surface area (Å²) in [5.41, 5.74) is 2.72. The van der Waals surface area contributed by atoms with E-state index >= 15 is 0 Å². The number of halogens is 2. The van der Waals surface area contributed by atoms with Gasteiger partial charge in [0.1, 0.15) is 6.61 Å². The Kier molecular flexibility index (Phi) is 9.44. The Hall–Kier alpha value is -2.73. The molecule has 1 amide bonds. The second-order valence-electron chi connectivity index (χ2n) is 8.77. The van der Waals surface area contributed by atoms with Gasteiger partial charge in [-0.05, 0) is 69.7 Å². The van der Waals surface area contributed by atoms with Crippen LogP contribution in [0.25, 0.3) is 11.1 Å². The van der Waals surface area contributed by atoms with Crippen LogP contribution in [0.4, 0.5) is 5.69 Å². The molecule has 3 rings (SSSR count). The largest absolute Gasteiger partial charge is 0.493 e. The normalized spacial score (nSPS) is 11.3. The van der Waals surface area contributed by atoms with Crippen LogP contribution in [0.5, 0.6) is 11.5 Å². The van der Waals surface area contributed by atoms with Crippen molar-refractivity contribution >= 4 is 34.8 Å². The Balaban J connectivity index is 1.70. The number of nitrogens with zero attached hydrogens (tertiary/aromatic N) is 1. The number of nitrogens with one attached hydrogen (secondary N) is 1. The molecule has 5 nitrogen and oxygen atoms in total. The van der Waals surface area contributed by atoms with Crippen LogP contribution in [0.3, 0.4) is 0 Å². The molecule has 0 bridgehead atoms. The first-order valence-corrected chi connectivity index (χ1v) is 12.4. The van der Waals surface area contributed by atoms with Crippen LogP contribution in [0.2, 0.25) is 10.0 Å². The van der Waals surface area contributed by atoms with Gasteiger partial charge >= 0.3 is 0 Å². The van der Waals surface area contributed by atoms with Crippen molar-refractivity contribution in [2.45, 2.75) is 39.8 Å². The minimum atomic E-state index is -0.233. The Morgan fingerprint density at radius 3 is 2.11 bits per heavy atom. The van der Waals surface area contributed by atoms with Crippen molar-refractivity contribution in [1.82, 2.24) is 4.90 Å². The molecule has 0 aliphatic heterocycles. The third-order valence-corrected chi connectivity index (χ3v) is 6.38. The second kappa shape index (κ2) is 12.3. The number of amides is 1. The number of hydrogen-bond donors (Lipinski definition) is 1. The summed E-state index contributed by atoms with van der Waals surface area (Å²) in [5.74, 6) is 0.967. The molecule has 0 aromatic heterocycles. The molecule has 0 spiro atoms. The predicted octanol–water partition coefficient (Wildman–Crippen LogP) is 7.42. The maximum Gasteiger partial charge on any atom is 0.255 e. The smallest absolute Gasteiger partial charge is 0.255 e. The van der Waals surface area contributed by atoms with Crippen molar-refractivity contribution in [2.24, 2.45) is 0 Å². The van der Waals surface area contributed by atoms with Crippen molar-refractivity contribution in [3.8, 4) is 22.6 Å². The second-order valence-corrected chi connectivity index (χ2v) is 9.58. The molecule has 1 N–H and O–H groups in total. The first kappa shape index (κ1) is 26.9. The highest BCUT2D eigenvalue weighted by molar-refractivity contribution is 6.39. The zero-order valence-electron chi connectivity index (χ0n) is 20.8. The van der Waals surface area contributed by atoms with E-state index < -0.39 is 0 Å². The molecule has 7 heteroatoms. The molecule has 0 saturated carbocycles. The van der Waals surface area contributed by atoms with Gasteiger partial charge < -0.3 is 14.8 Å². The van der Waals surface area contributed by atoms with Gasteiger partial charge in [-0.3, -0.25) is 9.69 Å². The van der Waals surface area contributed by atoms with Gasteiger partial charge in [0.15, 0.2) is 11.5 Å². The highest BCUT2D eigenvalue weighted by Crippen LogP contribution is 2.35. The summed E-state index contributed by atoms with van der Waals surface area (Å²) < 4.78 is 11.5. The lowest BCUT2D eigenvalue weighted by Crippen LogP contribution is -2.39. The third kappa shape index (κ3) is 6.91. The van der Waals surface area contributed by atoms with E-state index in [-0.39, 0.29) is 5.91 Å². The standard InChI is InChI=1S/C28H32Cl2N2O3/c1-18(2)32(19(3)4)15-16-35-26-17-22(13-14-25(26)34-5)31-28(33)21-11-9-20(10-12-21)27-23(29)7-6-8-24(27)30/h6-14,17-19H,15-16H2,1-5H3,(H,31,33). The lowest BCUT2D eigenvalue weighted by atomic mass is 10.0. The average Bonchev–Trinajstić information content (AvgIpc) is 2.81. The van der Waals surface area contributed by atoms with Crippen LogP contribution in [-0.4, -0.2) is 43.2 Å². The van der Waals surface area contributed by atoms with E-state index in [1.54, 1.807) is 55.6 Å². The van der Waals surface area contributed by atoms with Gasteiger partial charge in [0, 0.05) is 51.6 Å². The lowest BCUT2D eigenvalue weighted by Gasteiger charge is -2.30. The van der Waals surface area contributed by atoms with Crippen molar-refractivity contribution in [2.75, 3.05) is 25.6 Å². The van der Waals surface area contributed by atoms with Gasteiger partial charge in [-0.2, -0.15) is 0 Å². The number of carbonyl (C=O) groups excluding carboxylic acids is 1. The maximum absolute atomic E-state index is 12.9. The SMILES string of the molecule is COc1ccc(NC(=O)c2ccc(-c3c(Cl)cccc3Cl)cc2)cc1OCCN(C(C)C)C(C)C. The molecule has 0 saturated heterocycles. The van der Waals surface area contributed by atoms with Gasteiger partial charge in [0.2, 0.25) is 0 Å². The fourth-order valence-corrected chi connectivity index (χ4v) is 4.62. The number of hydrogen-bond acceptors (Lipinski definition) is 4. The molecule has 0 radical (unpaired) electrons. The van der Waals surface area contributed by atoms with E-state index in [0.717, 1.165) is 17.7 Å². The Labute approximate surface area is 217 Å². The Bertz CT molecular complexity index is 1120. The molecule has 0 aliphatic carbocycles. The van der Waals surface area contributed by atoms with Gasteiger partial charge in [-0.25, -0.2) is 0 Å². The van der Waals surface area contributed by atoms with E-state index in [9.17, 15) is 4.79 Å². The average molecular weight is 515 g/mol. The van der Waals surface area contributed by atoms with Crippen LogP contribution in [0.15, 0.2) is 60.7 Å². The zero-order valence-corrected chi connectivity index (χ0v) is 22.3. The van der Waals surface area contributed by atoms with E-state index in [0.29, 0.717) is 51.5 Å². The Morgan fingerprint density at radius 1 is 0.914 bits per heavy atom. The zero-order chi connectivity index (χ0) is 25.5. The number of anilines is 1. The topological polar surface area (TPSA) is 50.8 Å². The summed E-state index contributed by atoms with van der Waals surface area (Å²) in [7, 11) is 1.60. The predicted molar refractivity (Wildman–Crippen MR) is 145 cm³/mol. The minimum Gasteiger partial charge on any atom is -0.493 e. The molecular formula is C28H32Cl2N2O3. The number of ether oxygens (including phenoxy) is 2. The van der Waals surface area contributed by atoms with E-state index in [2.05, 4.69) is 37.9 Å². The highest BCUT2D eigenvalue weighted by atomic mass is 35.5. The number of methoxy groups -OCH3 is 1. The van der Waals surface area contributed by atoms with Gasteiger partial charge in [0.05, 0.1) is 7.11 Å². The first-order chi connectivity index (χ1) is 16.7. The summed E-state index contributed by atoms with van der Waals surface area (Å²) in [5, 5.41) is 4.05. The van der Waals surface area contributed by atoms with Crippen LogP contribution < -0.4 is 14.8 Å². The summed E-state index contributed by atoms with van der Waals surface area (Å²) in [4.78, 5) is 15.2. The van der Waals surface area contributed by atoms with E-state index in [1.807, 2.05) is 12.1 Å². The first-order valence-electron chi connectivity index (χ1n) is 11.6. The van der Waals surface area contributed by atoms with Crippen LogP contribution in [0.1, 0.15) is 38.1 Å². The van der Waals surface area contributed by atoms with Crippen LogP contribution >= 0.6 is 23.2 Å². The monoisotopic (exact) mass is 514 g/mol. The summed E-state index contributed by atoms with van der Waals surface area (Å²) >= 11 is 12.6. The van der Waals surface area contributed by atoms with E-state index in [4.69, 9.17) is 32.7 Å². The molecule has 0 unspecified atom stereocenters. The van der Waals surface area contributed by atoms with Crippen molar-refractivity contribution in [3.63, 3.8) is 0 Å². The highest BCUT2D eigenvalue weighted by Gasteiger charge is 2.15. The molecule has 3 aromatic rings. The van der Waals surface area contributed by atoms with Gasteiger partial charge in [0.25, 0.3) is 5.91 Å². The van der Waals surface area contributed by atoms with Crippen LogP contribution in [-0.2, 0) is 0 Å². The molecule has 0 atom stereocenters. The molecule has 3 aromatic carbocycles. The lowest BCUT2D eigenvalue weighted by molar-refractivity contribution is 0.102. The number of benzene rings is 3. The molecule has 186 valence electrons. The summed E-state index contributed by atoms with van der Waals surface area (Å²) in [6, 6.07) is 18.7. The fourth-order valence-electron chi connectivity index (χ4n) is 4.01. The summed E-state index contributed by atoms with van der Waals surface area (Å²) in [6.45, 7) is 9.99.